The Bertz CT molecular complexity index is 170. The van der Waals surface area contributed by atoms with Crippen molar-refractivity contribution in [3.63, 3.8) is 0 Å². The molecule has 0 aromatic carbocycles. The van der Waals surface area contributed by atoms with Crippen molar-refractivity contribution in [2.75, 3.05) is 19.8 Å². The van der Waals surface area contributed by atoms with Crippen molar-refractivity contribution in [3.8, 4) is 0 Å². The molecule has 1 amide bonds. The van der Waals surface area contributed by atoms with Gasteiger partial charge >= 0.3 is 0 Å². The molecule has 0 saturated carbocycles. The Kier molecular flexibility index (Phi) is 2.69. The van der Waals surface area contributed by atoms with Crippen molar-refractivity contribution in [3.05, 3.63) is 0 Å². The average molecular weight is 173 g/mol. The maximum atomic E-state index is 11.2. The van der Waals surface area contributed by atoms with Gasteiger partial charge in [-0.2, -0.15) is 0 Å². The molecule has 0 atom stereocenters. The fourth-order valence-electron chi connectivity index (χ4n) is 0.835. The zero-order valence-corrected chi connectivity index (χ0v) is 7.46. The van der Waals surface area contributed by atoms with Crippen LogP contribution in [0.15, 0.2) is 0 Å². The first kappa shape index (κ1) is 9.48. The van der Waals surface area contributed by atoms with Crippen LogP contribution in [0.2, 0.25) is 0 Å². The third-order valence-corrected chi connectivity index (χ3v) is 1.70. The lowest BCUT2D eigenvalue weighted by atomic mass is 10.1. The Labute approximate surface area is 71.9 Å². The van der Waals surface area contributed by atoms with E-state index in [-0.39, 0.29) is 11.8 Å². The first-order valence-electron chi connectivity index (χ1n) is 4.07. The molecule has 2 N–H and O–H groups in total. The lowest BCUT2D eigenvalue weighted by Crippen LogP contribution is -2.46. The van der Waals surface area contributed by atoms with E-state index in [1.165, 1.54) is 0 Å². The zero-order valence-electron chi connectivity index (χ0n) is 7.46. The molecular formula is C8H15NO3. The van der Waals surface area contributed by atoms with E-state index in [4.69, 9.17) is 4.74 Å². The van der Waals surface area contributed by atoms with Crippen LogP contribution < -0.4 is 5.32 Å². The second kappa shape index (κ2) is 3.41. The van der Waals surface area contributed by atoms with Crippen LogP contribution in [0.25, 0.3) is 0 Å². The molecule has 1 fully saturated rings. The lowest BCUT2D eigenvalue weighted by Gasteiger charge is -2.26. The third-order valence-electron chi connectivity index (χ3n) is 1.70. The molecule has 1 aliphatic rings. The number of hydrogen-bond acceptors (Lipinski definition) is 3. The molecule has 0 spiro atoms. The molecule has 0 unspecified atom stereocenters. The highest BCUT2D eigenvalue weighted by Crippen LogP contribution is 2.09. The molecule has 70 valence electrons. The molecule has 1 heterocycles. The normalized spacial score (nSPS) is 18.6. The number of ether oxygens (including phenoxy) is 1. The van der Waals surface area contributed by atoms with Crippen molar-refractivity contribution < 1.29 is 14.6 Å². The minimum Gasteiger partial charge on any atom is -0.389 e. The van der Waals surface area contributed by atoms with Crippen molar-refractivity contribution in [2.45, 2.75) is 19.4 Å². The van der Waals surface area contributed by atoms with Gasteiger partial charge in [0.15, 0.2) is 0 Å². The van der Waals surface area contributed by atoms with Crippen LogP contribution >= 0.6 is 0 Å². The van der Waals surface area contributed by atoms with Crippen LogP contribution in [-0.4, -0.2) is 36.4 Å². The topological polar surface area (TPSA) is 58.6 Å². The number of carbonyl (C=O) groups is 1. The number of carbonyl (C=O) groups excluding carboxylic acids is 1. The van der Waals surface area contributed by atoms with Gasteiger partial charge in [0.25, 0.3) is 0 Å². The standard InChI is InChI=1S/C8H15NO3/c1-8(2,11)5-9-7(10)6-3-12-4-6/h6,11H,3-5H2,1-2H3,(H,9,10). The number of hydrogen-bond donors (Lipinski definition) is 2. The zero-order chi connectivity index (χ0) is 9.19. The number of nitrogens with one attached hydrogen (secondary N) is 1. The summed E-state index contributed by atoms with van der Waals surface area (Å²) in [7, 11) is 0. The first-order valence-corrected chi connectivity index (χ1v) is 4.07. The molecule has 1 rings (SSSR count). The fourth-order valence-corrected chi connectivity index (χ4v) is 0.835. The van der Waals surface area contributed by atoms with E-state index in [2.05, 4.69) is 5.32 Å². The molecule has 0 aromatic rings. The highest BCUT2D eigenvalue weighted by Gasteiger charge is 2.27. The predicted molar refractivity (Wildman–Crippen MR) is 43.6 cm³/mol. The lowest BCUT2D eigenvalue weighted by molar-refractivity contribution is -0.139. The number of amides is 1. The molecule has 0 bridgehead atoms. The summed E-state index contributed by atoms with van der Waals surface area (Å²) in [4.78, 5) is 11.2. The van der Waals surface area contributed by atoms with Gasteiger partial charge in [0.05, 0.1) is 24.7 Å². The Morgan fingerprint density at radius 1 is 1.67 bits per heavy atom. The summed E-state index contributed by atoms with van der Waals surface area (Å²) in [5.41, 5.74) is -0.833. The minimum absolute atomic E-state index is 0.00708. The molecule has 4 heteroatoms. The van der Waals surface area contributed by atoms with E-state index in [0.29, 0.717) is 19.8 Å². The van der Waals surface area contributed by atoms with E-state index >= 15 is 0 Å². The third kappa shape index (κ3) is 2.79. The van der Waals surface area contributed by atoms with E-state index in [1.54, 1.807) is 13.8 Å². The summed E-state index contributed by atoms with van der Waals surface area (Å²) in [6, 6.07) is 0. The summed E-state index contributed by atoms with van der Waals surface area (Å²) >= 11 is 0. The molecule has 1 saturated heterocycles. The van der Waals surface area contributed by atoms with Crippen LogP contribution in [0.4, 0.5) is 0 Å². The van der Waals surface area contributed by atoms with Crippen molar-refractivity contribution in [1.82, 2.24) is 5.32 Å². The summed E-state index contributed by atoms with van der Waals surface area (Å²) < 4.78 is 4.86. The molecule has 12 heavy (non-hydrogen) atoms. The number of rotatable bonds is 3. The molecule has 1 aliphatic heterocycles. The first-order chi connectivity index (χ1) is 5.49. The maximum Gasteiger partial charge on any atom is 0.227 e. The van der Waals surface area contributed by atoms with Gasteiger partial charge in [-0.1, -0.05) is 0 Å². The Morgan fingerprint density at radius 3 is 2.58 bits per heavy atom. The van der Waals surface area contributed by atoms with Crippen LogP contribution in [0.5, 0.6) is 0 Å². The Morgan fingerprint density at radius 2 is 2.25 bits per heavy atom. The Hall–Kier alpha value is -0.610. The van der Waals surface area contributed by atoms with Gasteiger partial charge < -0.3 is 15.2 Å². The molecule has 0 radical (unpaired) electrons. The van der Waals surface area contributed by atoms with Crippen molar-refractivity contribution in [2.24, 2.45) is 5.92 Å². The fraction of sp³-hybridized carbons (Fsp3) is 0.875. The molecule has 0 aromatic heterocycles. The van der Waals surface area contributed by atoms with Gasteiger partial charge in [-0.3, -0.25) is 4.79 Å². The predicted octanol–water partition coefficient (Wildman–Crippen LogP) is -0.480. The van der Waals surface area contributed by atoms with Gasteiger partial charge in [0, 0.05) is 6.54 Å². The quantitative estimate of drug-likeness (QED) is 0.606. The maximum absolute atomic E-state index is 11.2. The largest absolute Gasteiger partial charge is 0.389 e. The minimum atomic E-state index is -0.833. The van der Waals surface area contributed by atoms with Gasteiger partial charge in [-0.25, -0.2) is 0 Å². The second-order valence-corrected chi connectivity index (χ2v) is 3.76. The summed E-state index contributed by atoms with van der Waals surface area (Å²) in [5.74, 6) is -0.0317. The van der Waals surface area contributed by atoms with Crippen LogP contribution in [0.1, 0.15) is 13.8 Å². The van der Waals surface area contributed by atoms with Crippen molar-refractivity contribution >= 4 is 5.91 Å². The highest BCUT2D eigenvalue weighted by molar-refractivity contribution is 5.79. The monoisotopic (exact) mass is 173 g/mol. The molecule has 0 aliphatic carbocycles. The van der Waals surface area contributed by atoms with Crippen molar-refractivity contribution in [1.29, 1.82) is 0 Å². The van der Waals surface area contributed by atoms with Crippen LogP contribution in [-0.2, 0) is 9.53 Å². The summed E-state index contributed by atoms with van der Waals surface area (Å²) in [5, 5.41) is 11.9. The van der Waals surface area contributed by atoms with E-state index in [1.807, 2.05) is 0 Å². The number of aliphatic hydroxyl groups is 1. The van der Waals surface area contributed by atoms with Gasteiger partial charge in [-0.15, -0.1) is 0 Å². The average Bonchev–Trinajstić information content (AvgIpc) is 1.78. The highest BCUT2D eigenvalue weighted by atomic mass is 16.5. The van der Waals surface area contributed by atoms with Gasteiger partial charge in [-0.05, 0) is 13.8 Å². The van der Waals surface area contributed by atoms with E-state index in [0.717, 1.165) is 0 Å². The summed E-state index contributed by atoms with van der Waals surface area (Å²) in [6.07, 6.45) is 0. The molecule has 4 nitrogen and oxygen atoms in total. The van der Waals surface area contributed by atoms with E-state index < -0.39 is 5.60 Å². The van der Waals surface area contributed by atoms with Gasteiger partial charge in [0.1, 0.15) is 0 Å². The summed E-state index contributed by atoms with van der Waals surface area (Å²) in [6.45, 7) is 4.63. The van der Waals surface area contributed by atoms with Crippen LogP contribution in [0.3, 0.4) is 0 Å². The molecular weight excluding hydrogens is 158 g/mol. The Balaban J connectivity index is 2.18. The second-order valence-electron chi connectivity index (χ2n) is 3.76. The van der Waals surface area contributed by atoms with Gasteiger partial charge in [0.2, 0.25) is 5.91 Å². The van der Waals surface area contributed by atoms with E-state index in [9.17, 15) is 9.90 Å². The SMILES string of the molecule is CC(C)(O)CNC(=O)C1COC1. The smallest absolute Gasteiger partial charge is 0.227 e. The van der Waals surface area contributed by atoms with Crippen LogP contribution in [0, 0.1) is 5.92 Å².